The predicted molar refractivity (Wildman–Crippen MR) is 232 cm³/mol. The number of halogens is 1. The molecule has 60 heavy (non-hydrogen) atoms. The monoisotopic (exact) mass is 826 g/mol. The first-order valence-corrected chi connectivity index (χ1v) is 20.2. The van der Waals surface area contributed by atoms with Crippen molar-refractivity contribution in [1.29, 1.82) is 0 Å². The summed E-state index contributed by atoms with van der Waals surface area (Å²) in [6, 6.07) is 27.9. The number of unbranched alkanes of at least 4 members (excludes halogenated alkanes) is 3. The number of aryl methyl sites for hydroxylation is 2. The summed E-state index contributed by atoms with van der Waals surface area (Å²) in [5.74, 6) is -1.98. The van der Waals surface area contributed by atoms with Crippen molar-refractivity contribution in [3.63, 3.8) is 0 Å². The van der Waals surface area contributed by atoms with Crippen molar-refractivity contribution in [3.8, 4) is 17.2 Å². The molecule has 0 atom stereocenters. The lowest BCUT2D eigenvalue weighted by Gasteiger charge is -2.15. The number of rotatable bonds is 19. The van der Waals surface area contributed by atoms with Gasteiger partial charge in [-0.15, -0.1) is 0 Å². The number of aromatic nitrogens is 1. The van der Waals surface area contributed by atoms with Gasteiger partial charge in [-0.3, -0.25) is 14.5 Å². The van der Waals surface area contributed by atoms with Crippen LogP contribution in [0, 0.1) is 12.7 Å². The number of anilines is 1. The summed E-state index contributed by atoms with van der Waals surface area (Å²) < 4.78 is 39.6. The van der Waals surface area contributed by atoms with Gasteiger partial charge in [0.15, 0.2) is 5.13 Å². The molecule has 0 aliphatic carbocycles. The maximum absolute atomic E-state index is 16.5. The van der Waals surface area contributed by atoms with E-state index in [-0.39, 0.29) is 35.3 Å². The lowest BCUT2D eigenvalue weighted by molar-refractivity contribution is -0.138. The van der Waals surface area contributed by atoms with Crippen LogP contribution in [0.4, 0.5) is 9.52 Å². The Balaban J connectivity index is 1.18. The Morgan fingerprint density at radius 3 is 2.30 bits per heavy atom. The molecule has 6 rings (SSSR count). The Bertz CT molecular complexity index is 2530. The van der Waals surface area contributed by atoms with Crippen molar-refractivity contribution in [2.24, 2.45) is 0 Å². The topological polar surface area (TPSA) is 121 Å². The van der Waals surface area contributed by atoms with Gasteiger partial charge in [-0.1, -0.05) is 72.5 Å². The fourth-order valence-electron chi connectivity index (χ4n) is 6.10. The first-order valence-electron chi connectivity index (χ1n) is 19.4. The minimum atomic E-state index is -0.741. The summed E-state index contributed by atoms with van der Waals surface area (Å²) in [7, 11) is 0. The van der Waals surface area contributed by atoms with Crippen LogP contribution in [0.1, 0.15) is 59.2 Å². The third kappa shape index (κ3) is 11.4. The molecule has 306 valence electrons. The molecule has 0 radical (unpaired) electrons. The number of thiazole rings is 1. The van der Waals surface area contributed by atoms with Gasteiger partial charge in [-0.25, -0.2) is 19.0 Å². The zero-order valence-corrected chi connectivity index (χ0v) is 33.9. The second kappa shape index (κ2) is 20.7. The minimum absolute atomic E-state index is 0.00975. The van der Waals surface area contributed by atoms with E-state index in [9.17, 15) is 19.2 Å². The molecule has 10 nitrogen and oxygen atoms in total. The van der Waals surface area contributed by atoms with E-state index in [1.807, 2.05) is 61.5 Å². The first-order chi connectivity index (χ1) is 29.1. The number of esters is 3. The molecule has 0 aliphatic heterocycles. The van der Waals surface area contributed by atoms with E-state index in [1.54, 1.807) is 30.3 Å². The van der Waals surface area contributed by atoms with Crippen LogP contribution in [0.2, 0.25) is 0 Å². The highest BCUT2D eigenvalue weighted by atomic mass is 32.1. The van der Waals surface area contributed by atoms with Gasteiger partial charge in [0.1, 0.15) is 23.1 Å². The lowest BCUT2D eigenvalue weighted by atomic mass is 10.0. The van der Waals surface area contributed by atoms with E-state index in [0.717, 1.165) is 58.9 Å². The van der Waals surface area contributed by atoms with Gasteiger partial charge < -0.3 is 18.9 Å². The summed E-state index contributed by atoms with van der Waals surface area (Å²) in [5, 5.41) is 1.94. The van der Waals surface area contributed by atoms with Gasteiger partial charge in [0.2, 0.25) is 0 Å². The average Bonchev–Trinajstić information content (AvgIpc) is 3.69. The van der Waals surface area contributed by atoms with Crippen LogP contribution in [0.25, 0.3) is 27.1 Å². The fourth-order valence-corrected chi connectivity index (χ4v) is 7.06. The number of nitrogens with zero attached hydrogens (tertiary/aromatic N) is 2. The zero-order chi connectivity index (χ0) is 42.4. The van der Waals surface area contributed by atoms with Crippen molar-refractivity contribution in [1.82, 2.24) is 4.98 Å². The van der Waals surface area contributed by atoms with Crippen LogP contribution in [0.5, 0.6) is 17.2 Å². The average molecular weight is 827 g/mol. The van der Waals surface area contributed by atoms with Crippen LogP contribution in [-0.4, -0.2) is 42.0 Å². The molecule has 0 unspecified atom stereocenters. The normalized spacial score (nSPS) is 11.0. The Hall–Kier alpha value is -6.92. The van der Waals surface area contributed by atoms with Crippen LogP contribution in [0.15, 0.2) is 129 Å². The number of benzene rings is 5. The highest BCUT2D eigenvalue weighted by molar-refractivity contribution is 7.22. The van der Waals surface area contributed by atoms with E-state index < -0.39 is 29.6 Å². The van der Waals surface area contributed by atoms with E-state index in [2.05, 4.69) is 18.1 Å². The Kier molecular flexibility index (Phi) is 14.7. The third-order valence-corrected chi connectivity index (χ3v) is 10.4. The number of hydrogen-bond donors (Lipinski definition) is 0. The highest BCUT2D eigenvalue weighted by Crippen LogP contribution is 2.32. The molecule has 0 fully saturated rings. The van der Waals surface area contributed by atoms with Gasteiger partial charge in [0.05, 0.1) is 41.0 Å². The second-order valence-corrected chi connectivity index (χ2v) is 14.7. The van der Waals surface area contributed by atoms with E-state index >= 15 is 4.39 Å². The Morgan fingerprint density at radius 1 is 0.800 bits per heavy atom. The Morgan fingerprint density at radius 2 is 1.53 bits per heavy atom. The number of fused-ring (bicyclic) bond motifs is 2. The summed E-state index contributed by atoms with van der Waals surface area (Å²) in [6.45, 7) is 9.81. The molecule has 0 saturated carbocycles. The predicted octanol–water partition coefficient (Wildman–Crippen LogP) is 10.5. The van der Waals surface area contributed by atoms with E-state index in [1.165, 1.54) is 40.6 Å². The molecule has 0 aliphatic rings. The number of ether oxygens (including phenoxy) is 4. The molecule has 0 spiro atoms. The summed E-state index contributed by atoms with van der Waals surface area (Å²) in [4.78, 5) is 56.4. The first kappa shape index (κ1) is 42.7. The molecule has 0 saturated heterocycles. The van der Waals surface area contributed by atoms with Crippen LogP contribution in [0.3, 0.4) is 0 Å². The Labute approximate surface area is 351 Å². The maximum atomic E-state index is 16.5. The van der Waals surface area contributed by atoms with Crippen LogP contribution in [-0.2, 0) is 25.5 Å². The van der Waals surface area contributed by atoms with Gasteiger partial charge in [-0.2, -0.15) is 0 Å². The van der Waals surface area contributed by atoms with Gasteiger partial charge in [-0.05, 0) is 122 Å². The number of amides is 1. The zero-order valence-electron chi connectivity index (χ0n) is 33.1. The molecule has 5 aromatic carbocycles. The standard InChI is InChI=1S/C48H43FN2O8S/c1-4-43(52)51(48-50-40-12-8-9-13-42(40)60-48)27-26-39-41(24-19-33(46(39)49)20-25-45(54)58-37-21-14-32(3)15-22-37)59-47(55)36-17-16-35-31-38(23-18-34(35)30-36)56-28-10-6-7-11-29-57-44(53)5-2/h4-5,8-9,12-19,21-24,26-27,30-31H,1-2,6-7,10-11,20,25,28-29H2,3H3/b27-26+. The van der Waals surface area contributed by atoms with E-state index in [4.69, 9.17) is 18.9 Å². The maximum Gasteiger partial charge on any atom is 0.343 e. The highest BCUT2D eigenvalue weighted by Gasteiger charge is 2.21. The largest absolute Gasteiger partial charge is 0.494 e. The van der Waals surface area contributed by atoms with Crippen molar-refractivity contribution in [2.45, 2.75) is 45.4 Å². The molecule has 12 heteroatoms. The fraction of sp³-hybridized carbons (Fsp3) is 0.188. The van der Waals surface area contributed by atoms with Gasteiger partial charge in [0.25, 0.3) is 5.91 Å². The lowest BCUT2D eigenvalue weighted by Crippen LogP contribution is -2.22. The third-order valence-electron chi connectivity index (χ3n) is 9.33. The number of carbonyl (C=O) groups is 4. The smallest absolute Gasteiger partial charge is 0.343 e. The van der Waals surface area contributed by atoms with Gasteiger partial charge >= 0.3 is 17.9 Å². The van der Waals surface area contributed by atoms with Crippen molar-refractivity contribution >= 4 is 67.3 Å². The second-order valence-electron chi connectivity index (χ2n) is 13.7. The van der Waals surface area contributed by atoms with Crippen molar-refractivity contribution < 1.29 is 42.5 Å². The van der Waals surface area contributed by atoms with Gasteiger partial charge in [0, 0.05) is 12.3 Å². The molecule has 1 heterocycles. The quantitative estimate of drug-likeness (QED) is 0.0340. The van der Waals surface area contributed by atoms with Crippen molar-refractivity contribution in [2.75, 3.05) is 18.1 Å². The van der Waals surface area contributed by atoms with Crippen LogP contribution < -0.4 is 19.1 Å². The number of para-hydroxylation sites is 1. The molecule has 0 bridgehead atoms. The molecular formula is C48H43FN2O8S. The molecule has 0 N–H and O–H groups in total. The van der Waals surface area contributed by atoms with E-state index in [0.29, 0.717) is 35.4 Å². The summed E-state index contributed by atoms with van der Waals surface area (Å²) in [6.07, 6.45) is 8.26. The molecule has 6 aromatic rings. The molecule has 1 amide bonds. The number of hydrogen-bond acceptors (Lipinski definition) is 10. The van der Waals surface area contributed by atoms with Crippen LogP contribution >= 0.6 is 11.3 Å². The molecule has 1 aromatic heterocycles. The minimum Gasteiger partial charge on any atom is -0.494 e. The number of carbonyl (C=O) groups excluding carboxylic acids is 4. The summed E-state index contributed by atoms with van der Waals surface area (Å²) >= 11 is 1.27. The summed E-state index contributed by atoms with van der Waals surface area (Å²) in [5.41, 5.74) is 1.98. The molecular weight excluding hydrogens is 784 g/mol. The SMILES string of the molecule is C=CC(=O)OCCCCCCOc1ccc2cc(C(=O)Oc3ccc(CCC(=O)Oc4ccc(C)cc4)c(F)c3/C=C/N(C(=O)C=C)c3nc4ccccc4s3)ccc2c1. The van der Waals surface area contributed by atoms with Crippen molar-refractivity contribution in [3.05, 3.63) is 157 Å².